The number of imidazole rings is 1. The summed E-state index contributed by atoms with van der Waals surface area (Å²) in [5.41, 5.74) is 3.78. The van der Waals surface area contributed by atoms with Crippen molar-refractivity contribution in [3.8, 4) is 17.3 Å². The standard InChI is InChI=1S/C16H14N4O/c1-20-12-8-4-3-7-11(12)17-16(20)15-10-6-5-9-13(21-2)14(10)18-19-15/h3-9H,1-2H3,(H,18,19). The third-order valence-electron chi connectivity index (χ3n) is 3.78. The van der Waals surface area contributed by atoms with E-state index in [0.29, 0.717) is 0 Å². The molecule has 0 aliphatic heterocycles. The number of fused-ring (bicyclic) bond motifs is 2. The van der Waals surface area contributed by atoms with E-state index in [1.54, 1.807) is 7.11 Å². The third-order valence-corrected chi connectivity index (χ3v) is 3.78. The summed E-state index contributed by atoms with van der Waals surface area (Å²) in [5.74, 6) is 1.63. The van der Waals surface area contributed by atoms with Gasteiger partial charge in [0.05, 0.1) is 18.1 Å². The average molecular weight is 278 g/mol. The lowest BCUT2D eigenvalue weighted by Gasteiger charge is -2.01. The van der Waals surface area contributed by atoms with E-state index in [2.05, 4.69) is 20.8 Å². The number of hydrogen-bond acceptors (Lipinski definition) is 3. The van der Waals surface area contributed by atoms with Gasteiger partial charge in [0, 0.05) is 12.4 Å². The molecule has 0 bridgehead atoms. The summed E-state index contributed by atoms with van der Waals surface area (Å²) in [7, 11) is 3.66. The molecule has 0 saturated heterocycles. The van der Waals surface area contributed by atoms with Crippen LogP contribution in [-0.2, 0) is 7.05 Å². The van der Waals surface area contributed by atoms with Crippen molar-refractivity contribution in [3.05, 3.63) is 42.5 Å². The van der Waals surface area contributed by atoms with Gasteiger partial charge in [0.1, 0.15) is 17.0 Å². The lowest BCUT2D eigenvalue weighted by molar-refractivity contribution is 0.419. The van der Waals surface area contributed by atoms with E-state index in [0.717, 1.165) is 39.2 Å². The summed E-state index contributed by atoms with van der Waals surface area (Å²) in [4.78, 5) is 4.70. The largest absolute Gasteiger partial charge is 0.494 e. The van der Waals surface area contributed by atoms with Crippen LogP contribution in [0.4, 0.5) is 0 Å². The summed E-state index contributed by atoms with van der Waals surface area (Å²) in [6.07, 6.45) is 0. The number of H-pyrrole nitrogens is 1. The second-order valence-electron chi connectivity index (χ2n) is 4.94. The second kappa shape index (κ2) is 4.34. The Labute approximate surface area is 121 Å². The second-order valence-corrected chi connectivity index (χ2v) is 4.94. The monoisotopic (exact) mass is 278 g/mol. The molecule has 2 aromatic carbocycles. The van der Waals surface area contributed by atoms with Gasteiger partial charge < -0.3 is 9.30 Å². The average Bonchev–Trinajstić information content (AvgIpc) is 3.09. The van der Waals surface area contributed by atoms with Crippen LogP contribution in [0.15, 0.2) is 42.5 Å². The van der Waals surface area contributed by atoms with Gasteiger partial charge in [0.25, 0.3) is 0 Å². The van der Waals surface area contributed by atoms with Crippen molar-refractivity contribution in [2.45, 2.75) is 0 Å². The fourth-order valence-electron chi connectivity index (χ4n) is 2.71. The van der Waals surface area contributed by atoms with Crippen molar-refractivity contribution < 1.29 is 4.74 Å². The molecule has 0 unspecified atom stereocenters. The molecule has 4 rings (SSSR count). The molecule has 0 radical (unpaired) electrons. The Morgan fingerprint density at radius 3 is 2.76 bits per heavy atom. The predicted octanol–water partition coefficient (Wildman–Crippen LogP) is 3.13. The Morgan fingerprint density at radius 1 is 1.10 bits per heavy atom. The first-order valence-corrected chi connectivity index (χ1v) is 6.72. The van der Waals surface area contributed by atoms with Crippen LogP contribution in [0.2, 0.25) is 0 Å². The maximum Gasteiger partial charge on any atom is 0.162 e. The van der Waals surface area contributed by atoms with Gasteiger partial charge in [-0.2, -0.15) is 5.10 Å². The molecule has 104 valence electrons. The quantitative estimate of drug-likeness (QED) is 0.613. The molecule has 0 atom stereocenters. The summed E-state index contributed by atoms with van der Waals surface area (Å²) in [6, 6.07) is 14.0. The zero-order valence-electron chi connectivity index (χ0n) is 11.8. The van der Waals surface area contributed by atoms with Gasteiger partial charge in [-0.15, -0.1) is 0 Å². The highest BCUT2D eigenvalue weighted by molar-refractivity contribution is 5.96. The van der Waals surface area contributed by atoms with Gasteiger partial charge in [-0.25, -0.2) is 4.98 Å². The summed E-state index contributed by atoms with van der Waals surface area (Å²) >= 11 is 0. The topological polar surface area (TPSA) is 55.7 Å². The lowest BCUT2D eigenvalue weighted by atomic mass is 10.2. The van der Waals surface area contributed by atoms with E-state index < -0.39 is 0 Å². The minimum atomic E-state index is 0.782. The van der Waals surface area contributed by atoms with E-state index in [-0.39, 0.29) is 0 Å². The number of rotatable bonds is 2. The number of aryl methyl sites for hydroxylation is 1. The molecular weight excluding hydrogens is 264 g/mol. The Morgan fingerprint density at radius 2 is 1.95 bits per heavy atom. The number of aromatic amines is 1. The Kier molecular flexibility index (Phi) is 2.47. The smallest absolute Gasteiger partial charge is 0.162 e. The number of nitrogens with zero attached hydrogens (tertiary/aromatic N) is 3. The van der Waals surface area contributed by atoms with E-state index in [9.17, 15) is 0 Å². The first-order valence-electron chi connectivity index (χ1n) is 6.72. The maximum atomic E-state index is 5.37. The molecule has 2 aromatic heterocycles. The number of para-hydroxylation sites is 3. The normalized spacial score (nSPS) is 11.3. The summed E-state index contributed by atoms with van der Waals surface area (Å²) in [6.45, 7) is 0. The van der Waals surface area contributed by atoms with E-state index in [1.165, 1.54) is 0 Å². The van der Waals surface area contributed by atoms with Crippen LogP contribution in [0.1, 0.15) is 0 Å². The first-order chi connectivity index (χ1) is 10.3. The van der Waals surface area contributed by atoms with Crippen molar-refractivity contribution in [2.75, 3.05) is 7.11 Å². The maximum absolute atomic E-state index is 5.37. The highest BCUT2D eigenvalue weighted by Gasteiger charge is 2.16. The van der Waals surface area contributed by atoms with E-state index >= 15 is 0 Å². The molecule has 5 nitrogen and oxygen atoms in total. The van der Waals surface area contributed by atoms with Crippen LogP contribution in [0.25, 0.3) is 33.5 Å². The van der Waals surface area contributed by atoms with Crippen LogP contribution in [0, 0.1) is 0 Å². The molecule has 1 N–H and O–H groups in total. The van der Waals surface area contributed by atoms with Gasteiger partial charge in [0.2, 0.25) is 0 Å². The van der Waals surface area contributed by atoms with Crippen molar-refractivity contribution in [2.24, 2.45) is 7.05 Å². The molecule has 0 amide bonds. The molecule has 21 heavy (non-hydrogen) atoms. The number of methoxy groups -OCH3 is 1. The van der Waals surface area contributed by atoms with E-state index in [1.807, 2.05) is 43.4 Å². The number of benzene rings is 2. The van der Waals surface area contributed by atoms with Gasteiger partial charge in [0.15, 0.2) is 5.82 Å². The fraction of sp³-hybridized carbons (Fsp3) is 0.125. The molecule has 4 aromatic rings. The molecule has 0 aliphatic rings. The van der Waals surface area contributed by atoms with Gasteiger partial charge in [-0.1, -0.05) is 24.3 Å². The Bertz CT molecular complexity index is 951. The van der Waals surface area contributed by atoms with Crippen LogP contribution in [0.5, 0.6) is 5.75 Å². The highest BCUT2D eigenvalue weighted by atomic mass is 16.5. The van der Waals surface area contributed by atoms with Crippen molar-refractivity contribution in [3.63, 3.8) is 0 Å². The molecule has 0 saturated carbocycles. The molecular formula is C16H14N4O. The zero-order valence-corrected chi connectivity index (χ0v) is 11.8. The lowest BCUT2D eigenvalue weighted by Crippen LogP contribution is -1.93. The number of ether oxygens (including phenoxy) is 1. The van der Waals surface area contributed by atoms with Crippen molar-refractivity contribution >= 4 is 21.9 Å². The van der Waals surface area contributed by atoms with Crippen molar-refractivity contribution in [1.29, 1.82) is 0 Å². The highest BCUT2D eigenvalue weighted by Crippen LogP contribution is 2.32. The molecule has 0 aliphatic carbocycles. The number of hydrogen-bond donors (Lipinski definition) is 1. The molecule has 0 spiro atoms. The summed E-state index contributed by atoms with van der Waals surface area (Å²) < 4.78 is 7.43. The SMILES string of the molecule is COc1cccc2c(-c3nc4ccccc4n3C)n[nH]c12. The minimum Gasteiger partial charge on any atom is -0.494 e. The van der Waals surface area contributed by atoms with Gasteiger partial charge >= 0.3 is 0 Å². The molecule has 0 fully saturated rings. The number of aromatic nitrogens is 4. The predicted molar refractivity (Wildman–Crippen MR) is 82.4 cm³/mol. The van der Waals surface area contributed by atoms with Crippen LogP contribution in [0.3, 0.4) is 0 Å². The van der Waals surface area contributed by atoms with Crippen LogP contribution < -0.4 is 4.74 Å². The minimum absolute atomic E-state index is 0.782. The Hall–Kier alpha value is -2.82. The van der Waals surface area contributed by atoms with Crippen LogP contribution >= 0.6 is 0 Å². The number of nitrogens with one attached hydrogen (secondary N) is 1. The van der Waals surface area contributed by atoms with Crippen molar-refractivity contribution in [1.82, 2.24) is 19.7 Å². The third kappa shape index (κ3) is 1.64. The van der Waals surface area contributed by atoms with E-state index in [4.69, 9.17) is 9.72 Å². The first kappa shape index (κ1) is 12.0. The summed E-state index contributed by atoms with van der Waals surface area (Å²) in [5, 5.41) is 8.50. The van der Waals surface area contributed by atoms with Gasteiger partial charge in [-0.3, -0.25) is 5.10 Å². The van der Waals surface area contributed by atoms with Gasteiger partial charge in [-0.05, 0) is 18.2 Å². The molecule has 5 heteroatoms. The zero-order chi connectivity index (χ0) is 14.4. The fourth-order valence-corrected chi connectivity index (χ4v) is 2.71. The van der Waals surface area contributed by atoms with Crippen LogP contribution in [-0.4, -0.2) is 26.9 Å². The molecule has 2 heterocycles. The Balaban J connectivity index is 2.03.